The topological polar surface area (TPSA) is 99.9 Å². The van der Waals surface area contributed by atoms with Crippen molar-refractivity contribution in [1.82, 2.24) is 9.97 Å². The Hall–Kier alpha value is -3.33. The first-order chi connectivity index (χ1) is 13.7. The maximum atomic E-state index is 12.6. The molecule has 0 radical (unpaired) electrons. The molecule has 0 saturated carbocycles. The molecule has 2 aromatic carbocycles. The number of sulfonamides is 1. The molecule has 3 rings (SSSR count). The van der Waals surface area contributed by atoms with Gasteiger partial charge in [-0.1, -0.05) is 0 Å². The smallest absolute Gasteiger partial charge is 0.263 e. The second-order valence-corrected chi connectivity index (χ2v) is 8.33. The first kappa shape index (κ1) is 20.4. The van der Waals surface area contributed by atoms with Gasteiger partial charge in [-0.25, -0.2) is 18.4 Å². The number of rotatable bonds is 6. The van der Waals surface area contributed by atoms with Crippen molar-refractivity contribution in [3.8, 4) is 0 Å². The number of aryl methyl sites for hydroxylation is 2. The van der Waals surface area contributed by atoms with E-state index in [0.717, 1.165) is 5.69 Å². The highest BCUT2D eigenvalue weighted by molar-refractivity contribution is 7.92. The Morgan fingerprint density at radius 3 is 1.93 bits per heavy atom. The van der Waals surface area contributed by atoms with E-state index in [2.05, 4.69) is 24.9 Å². The third-order valence-electron chi connectivity index (χ3n) is 4.00. The van der Waals surface area contributed by atoms with Gasteiger partial charge in [-0.3, -0.25) is 4.72 Å². The molecule has 9 heteroatoms. The molecule has 0 aliphatic carbocycles. The van der Waals surface area contributed by atoms with E-state index >= 15 is 0 Å². The van der Waals surface area contributed by atoms with Crippen LogP contribution in [0.25, 0.3) is 0 Å². The normalized spacial score (nSPS) is 11.6. The van der Waals surface area contributed by atoms with E-state index < -0.39 is 10.0 Å². The van der Waals surface area contributed by atoms with E-state index in [1.165, 1.54) is 12.1 Å². The van der Waals surface area contributed by atoms with Crippen LogP contribution in [0.1, 0.15) is 11.5 Å². The first-order valence-electron chi connectivity index (χ1n) is 8.87. The molecule has 0 unspecified atom stereocenters. The Kier molecular flexibility index (Phi) is 5.88. The van der Waals surface area contributed by atoms with E-state index in [1.54, 1.807) is 32.0 Å². The zero-order valence-corrected chi connectivity index (χ0v) is 17.5. The SMILES string of the molecule is Cc1cc(NS(=O)(=O)c2ccc(N=Nc3ccc(N(C)C)cc3)cc2)nc(C)n1. The van der Waals surface area contributed by atoms with Crippen LogP contribution >= 0.6 is 0 Å². The van der Waals surface area contributed by atoms with Gasteiger partial charge in [0.2, 0.25) is 0 Å². The molecule has 0 aliphatic heterocycles. The van der Waals surface area contributed by atoms with Crippen molar-refractivity contribution in [2.75, 3.05) is 23.7 Å². The van der Waals surface area contributed by atoms with E-state index in [-0.39, 0.29) is 10.7 Å². The monoisotopic (exact) mass is 410 g/mol. The summed E-state index contributed by atoms with van der Waals surface area (Å²) in [5.74, 6) is 0.733. The van der Waals surface area contributed by atoms with Crippen LogP contribution in [0, 0.1) is 13.8 Å². The van der Waals surface area contributed by atoms with Crippen LogP contribution in [-0.4, -0.2) is 32.5 Å². The van der Waals surface area contributed by atoms with Gasteiger partial charge < -0.3 is 4.90 Å². The number of hydrogen-bond donors (Lipinski definition) is 1. The predicted molar refractivity (Wildman–Crippen MR) is 114 cm³/mol. The van der Waals surface area contributed by atoms with Crippen LogP contribution in [0.4, 0.5) is 22.9 Å². The zero-order chi connectivity index (χ0) is 21.0. The van der Waals surface area contributed by atoms with Crippen molar-refractivity contribution in [3.05, 3.63) is 66.1 Å². The molecule has 0 spiro atoms. The third-order valence-corrected chi connectivity index (χ3v) is 5.37. The average Bonchev–Trinajstić information content (AvgIpc) is 2.66. The van der Waals surface area contributed by atoms with Gasteiger partial charge in [0.15, 0.2) is 0 Å². The molecule has 3 aromatic rings. The summed E-state index contributed by atoms with van der Waals surface area (Å²) in [6.45, 7) is 3.49. The standard InChI is InChI=1S/C20H22N6O2S/c1-14-13-20(22-15(2)21-14)25-29(27,28)19-11-7-17(8-12-19)24-23-16-5-9-18(10-6-16)26(3)4/h5-13H,1-4H3,(H,21,22,25). The highest BCUT2D eigenvalue weighted by Gasteiger charge is 2.15. The van der Waals surface area contributed by atoms with Gasteiger partial charge in [0.25, 0.3) is 10.0 Å². The lowest BCUT2D eigenvalue weighted by Gasteiger charge is -2.11. The highest BCUT2D eigenvalue weighted by atomic mass is 32.2. The molecule has 8 nitrogen and oxygen atoms in total. The lowest BCUT2D eigenvalue weighted by atomic mass is 10.3. The maximum Gasteiger partial charge on any atom is 0.263 e. The summed E-state index contributed by atoms with van der Waals surface area (Å²) >= 11 is 0. The minimum Gasteiger partial charge on any atom is -0.378 e. The molecule has 1 heterocycles. The van der Waals surface area contributed by atoms with Gasteiger partial charge in [0.05, 0.1) is 16.3 Å². The van der Waals surface area contributed by atoms with Crippen LogP contribution in [0.5, 0.6) is 0 Å². The molecule has 0 atom stereocenters. The zero-order valence-electron chi connectivity index (χ0n) is 16.7. The van der Waals surface area contributed by atoms with E-state index in [0.29, 0.717) is 22.9 Å². The molecule has 0 aliphatic rings. The molecular formula is C20H22N6O2S. The molecule has 1 aromatic heterocycles. The van der Waals surface area contributed by atoms with Crippen LogP contribution in [0.3, 0.4) is 0 Å². The van der Waals surface area contributed by atoms with Gasteiger partial charge in [0, 0.05) is 31.5 Å². The van der Waals surface area contributed by atoms with Crippen molar-refractivity contribution in [2.24, 2.45) is 10.2 Å². The molecule has 0 bridgehead atoms. The Bertz CT molecular complexity index is 1100. The predicted octanol–water partition coefficient (Wildman–Crippen LogP) is 4.38. The maximum absolute atomic E-state index is 12.6. The summed E-state index contributed by atoms with van der Waals surface area (Å²) in [7, 11) is 0.172. The van der Waals surface area contributed by atoms with Gasteiger partial charge in [0.1, 0.15) is 11.6 Å². The van der Waals surface area contributed by atoms with Crippen molar-refractivity contribution in [3.63, 3.8) is 0 Å². The number of anilines is 2. The molecule has 150 valence electrons. The lowest BCUT2D eigenvalue weighted by molar-refractivity contribution is 0.601. The number of nitrogens with one attached hydrogen (secondary N) is 1. The minimum absolute atomic E-state index is 0.112. The fourth-order valence-electron chi connectivity index (χ4n) is 2.59. The molecule has 0 fully saturated rings. The largest absolute Gasteiger partial charge is 0.378 e. The third kappa shape index (κ3) is 5.35. The first-order valence-corrected chi connectivity index (χ1v) is 10.4. The van der Waals surface area contributed by atoms with Crippen molar-refractivity contribution >= 4 is 32.9 Å². The second kappa shape index (κ2) is 8.36. The van der Waals surface area contributed by atoms with E-state index in [9.17, 15) is 8.42 Å². The van der Waals surface area contributed by atoms with Crippen LogP contribution in [-0.2, 0) is 10.0 Å². The number of aromatic nitrogens is 2. The fourth-order valence-corrected chi connectivity index (χ4v) is 3.58. The fraction of sp³-hybridized carbons (Fsp3) is 0.200. The van der Waals surface area contributed by atoms with Crippen molar-refractivity contribution < 1.29 is 8.42 Å². The number of hydrogen-bond acceptors (Lipinski definition) is 7. The Labute approximate surface area is 170 Å². The lowest BCUT2D eigenvalue weighted by Crippen LogP contribution is -2.14. The molecule has 1 N–H and O–H groups in total. The number of azo groups is 1. The van der Waals surface area contributed by atoms with Crippen LogP contribution in [0.2, 0.25) is 0 Å². The van der Waals surface area contributed by atoms with E-state index in [1.807, 2.05) is 43.3 Å². The van der Waals surface area contributed by atoms with Gasteiger partial charge in [-0.05, 0) is 62.4 Å². The van der Waals surface area contributed by atoms with Gasteiger partial charge >= 0.3 is 0 Å². The van der Waals surface area contributed by atoms with E-state index in [4.69, 9.17) is 0 Å². The van der Waals surface area contributed by atoms with Crippen LogP contribution < -0.4 is 9.62 Å². The Morgan fingerprint density at radius 1 is 0.862 bits per heavy atom. The Morgan fingerprint density at radius 2 is 1.41 bits per heavy atom. The quantitative estimate of drug-likeness (QED) is 0.608. The van der Waals surface area contributed by atoms with Crippen LogP contribution in [0.15, 0.2) is 69.7 Å². The number of benzene rings is 2. The summed E-state index contributed by atoms with van der Waals surface area (Å²) in [4.78, 5) is 10.4. The molecule has 0 saturated heterocycles. The van der Waals surface area contributed by atoms with Gasteiger partial charge in [-0.15, -0.1) is 0 Å². The Balaban J connectivity index is 1.73. The second-order valence-electron chi connectivity index (χ2n) is 6.65. The summed E-state index contributed by atoms with van der Waals surface area (Å²) in [6, 6.07) is 15.4. The minimum atomic E-state index is -3.76. The van der Waals surface area contributed by atoms with Crippen molar-refractivity contribution in [2.45, 2.75) is 18.7 Å². The number of nitrogens with zero attached hydrogens (tertiary/aromatic N) is 5. The highest BCUT2D eigenvalue weighted by Crippen LogP contribution is 2.23. The molecule has 29 heavy (non-hydrogen) atoms. The van der Waals surface area contributed by atoms with Gasteiger partial charge in [-0.2, -0.15) is 10.2 Å². The summed E-state index contributed by atoms with van der Waals surface area (Å²) < 4.78 is 27.6. The molecule has 0 amide bonds. The van der Waals surface area contributed by atoms with Crippen molar-refractivity contribution in [1.29, 1.82) is 0 Å². The molecular weight excluding hydrogens is 388 g/mol. The summed E-state index contributed by atoms with van der Waals surface area (Å²) in [6.07, 6.45) is 0. The summed E-state index contributed by atoms with van der Waals surface area (Å²) in [5.41, 5.74) is 3.02. The summed E-state index contributed by atoms with van der Waals surface area (Å²) in [5, 5.41) is 8.34. The average molecular weight is 411 g/mol.